The molecule has 2 amide bonds. The lowest BCUT2D eigenvalue weighted by molar-refractivity contribution is -0.179. The number of hydrogen-bond acceptors (Lipinski definition) is 3. The highest BCUT2D eigenvalue weighted by atomic mass is 35.5. The minimum Gasteiger partial charge on any atom is -0.369 e. The Balaban J connectivity index is 1.53. The predicted molar refractivity (Wildman–Crippen MR) is 109 cm³/mol. The van der Waals surface area contributed by atoms with E-state index in [2.05, 4.69) is 0 Å². The third kappa shape index (κ3) is 2.26. The van der Waals surface area contributed by atoms with Crippen LogP contribution in [-0.4, -0.2) is 28.4 Å². The van der Waals surface area contributed by atoms with E-state index in [0.717, 1.165) is 37.8 Å². The van der Waals surface area contributed by atoms with Gasteiger partial charge in [-0.1, -0.05) is 29.3 Å². The zero-order valence-corrected chi connectivity index (χ0v) is 17.6. The highest BCUT2D eigenvalue weighted by Crippen LogP contribution is 2.62. The molecule has 4 bridgehead atoms. The quantitative estimate of drug-likeness (QED) is 0.801. The Kier molecular flexibility index (Phi) is 3.84. The number of nitrogens with two attached hydrogens (primary N) is 1. The van der Waals surface area contributed by atoms with Crippen molar-refractivity contribution < 1.29 is 9.59 Å². The molecule has 1 aromatic rings. The fourth-order valence-corrected chi connectivity index (χ4v) is 7.10. The maximum Gasteiger partial charge on any atom is 0.268 e. The lowest BCUT2D eigenvalue weighted by atomic mass is 9.47. The molecule has 0 spiro atoms. The monoisotopic (exact) mass is 421 g/mol. The summed E-state index contributed by atoms with van der Waals surface area (Å²) >= 11 is 12.8. The number of hydrazine groups is 1. The first-order valence-corrected chi connectivity index (χ1v) is 10.8. The molecule has 2 atom stereocenters. The van der Waals surface area contributed by atoms with E-state index in [-0.39, 0.29) is 23.3 Å². The molecular weight excluding hydrogens is 397 g/mol. The van der Waals surface area contributed by atoms with Crippen LogP contribution in [0, 0.1) is 23.2 Å². The Bertz CT molecular complexity index is 870. The van der Waals surface area contributed by atoms with Crippen molar-refractivity contribution >= 4 is 40.7 Å². The number of benzene rings is 1. The summed E-state index contributed by atoms with van der Waals surface area (Å²) in [5.74, 6) is 1.11. The summed E-state index contributed by atoms with van der Waals surface area (Å²) < 4.78 is 0. The van der Waals surface area contributed by atoms with Gasteiger partial charge in [-0.2, -0.15) is 0 Å². The van der Waals surface area contributed by atoms with Crippen LogP contribution in [0.3, 0.4) is 0 Å². The topological polar surface area (TPSA) is 66.6 Å². The van der Waals surface area contributed by atoms with Gasteiger partial charge in [0.15, 0.2) is 0 Å². The molecule has 1 heterocycles. The van der Waals surface area contributed by atoms with Gasteiger partial charge in [-0.3, -0.25) is 14.6 Å². The number of halogens is 2. The van der Waals surface area contributed by atoms with Gasteiger partial charge in [0.25, 0.3) is 5.91 Å². The number of amides is 2. The normalized spacial score (nSPS) is 37.9. The molecule has 5 nitrogen and oxygen atoms in total. The maximum absolute atomic E-state index is 13.2. The minimum atomic E-state index is -0.676. The number of primary amides is 1. The molecule has 0 radical (unpaired) electrons. The summed E-state index contributed by atoms with van der Waals surface area (Å²) in [4.78, 5) is 25.5. The lowest BCUT2D eigenvalue weighted by Crippen LogP contribution is -2.80. The van der Waals surface area contributed by atoms with Crippen molar-refractivity contribution in [2.24, 2.45) is 28.9 Å². The van der Waals surface area contributed by atoms with Gasteiger partial charge in [0.05, 0.1) is 21.8 Å². The minimum absolute atomic E-state index is 0.0969. The molecule has 4 saturated carbocycles. The second kappa shape index (κ2) is 5.79. The van der Waals surface area contributed by atoms with Gasteiger partial charge in [0.1, 0.15) is 5.54 Å². The van der Waals surface area contributed by atoms with Crippen LogP contribution < -0.4 is 10.7 Å². The molecule has 7 heteroatoms. The first-order chi connectivity index (χ1) is 13.2. The molecule has 5 aliphatic rings. The fraction of sp³-hybridized carbons (Fsp3) is 0.619. The van der Waals surface area contributed by atoms with Crippen LogP contribution in [0.2, 0.25) is 10.0 Å². The van der Waals surface area contributed by atoms with Crippen LogP contribution in [-0.2, 0) is 9.59 Å². The summed E-state index contributed by atoms with van der Waals surface area (Å²) in [6, 6.07) is 5.63. The van der Waals surface area contributed by atoms with Crippen LogP contribution in [0.5, 0.6) is 0 Å². The van der Waals surface area contributed by atoms with Crippen LogP contribution in [0.4, 0.5) is 5.69 Å². The second-order valence-electron chi connectivity index (χ2n) is 9.70. The van der Waals surface area contributed by atoms with E-state index in [1.165, 1.54) is 0 Å². The Hall–Kier alpha value is -1.46. The molecule has 1 aromatic carbocycles. The van der Waals surface area contributed by atoms with Crippen LogP contribution in [0.1, 0.15) is 46.0 Å². The molecule has 6 rings (SSSR count). The zero-order valence-electron chi connectivity index (χ0n) is 16.1. The lowest BCUT2D eigenvalue weighted by Gasteiger charge is -2.67. The highest BCUT2D eigenvalue weighted by molar-refractivity contribution is 6.43. The number of hydrogen-bond donors (Lipinski definition) is 1. The van der Waals surface area contributed by atoms with Crippen molar-refractivity contribution in [2.45, 2.75) is 57.5 Å². The van der Waals surface area contributed by atoms with E-state index < -0.39 is 5.54 Å². The highest BCUT2D eigenvalue weighted by Gasteiger charge is 2.65. The van der Waals surface area contributed by atoms with E-state index in [1.807, 2.05) is 36.0 Å². The largest absolute Gasteiger partial charge is 0.369 e. The van der Waals surface area contributed by atoms with Gasteiger partial charge < -0.3 is 5.73 Å². The Labute approximate surface area is 175 Å². The van der Waals surface area contributed by atoms with Crippen molar-refractivity contribution in [3.05, 3.63) is 28.2 Å². The summed E-state index contributed by atoms with van der Waals surface area (Å²) in [6.45, 7) is 3.84. The number of anilines is 1. The summed E-state index contributed by atoms with van der Waals surface area (Å²) in [6.07, 6.45) is 4.64. The van der Waals surface area contributed by atoms with Gasteiger partial charge in [-0.25, -0.2) is 5.01 Å². The first kappa shape index (κ1) is 18.6. The Morgan fingerprint density at radius 1 is 1.14 bits per heavy atom. The number of carbonyl (C=O) groups is 2. The van der Waals surface area contributed by atoms with E-state index in [1.54, 1.807) is 6.07 Å². The molecule has 150 valence electrons. The SMILES string of the molecule is CC1(C)C(=O)N(C2[C@@H]3CC4C[C@@H]2CC(C(N)=O)(C4)C3)N1c1cccc(Cl)c1Cl. The standard InChI is InChI=1S/C21H25Cl2N3O2/c1-20(2)19(28)25(26(20)15-5-3-4-14(22)16(15)23)17-12-6-11-7-13(17)10-21(8-11,9-12)18(24)27/h3-5,11-13,17H,6-10H2,1-2H3,(H2,24,27)/t11?,12-,13-,17?,21?/m1/s1. The molecule has 1 saturated heterocycles. The third-order valence-electron chi connectivity index (χ3n) is 7.66. The average Bonchev–Trinajstić information content (AvgIpc) is 2.62. The summed E-state index contributed by atoms with van der Waals surface area (Å²) in [5, 5.41) is 4.88. The Morgan fingerprint density at radius 3 is 2.39 bits per heavy atom. The number of rotatable bonds is 3. The van der Waals surface area contributed by atoms with Crippen LogP contribution >= 0.6 is 23.2 Å². The van der Waals surface area contributed by atoms with Crippen LogP contribution in [0.25, 0.3) is 0 Å². The average molecular weight is 422 g/mol. The number of nitrogens with zero attached hydrogens (tertiary/aromatic N) is 2. The van der Waals surface area contributed by atoms with Gasteiger partial charge in [-0.05, 0) is 75.8 Å². The van der Waals surface area contributed by atoms with Crippen molar-refractivity contribution in [3.63, 3.8) is 0 Å². The molecule has 4 aliphatic carbocycles. The predicted octanol–water partition coefficient (Wildman–Crippen LogP) is 4.02. The third-order valence-corrected chi connectivity index (χ3v) is 8.47. The van der Waals surface area contributed by atoms with E-state index in [4.69, 9.17) is 28.9 Å². The molecule has 2 N–H and O–H groups in total. The van der Waals surface area contributed by atoms with Crippen molar-refractivity contribution in [1.82, 2.24) is 5.01 Å². The maximum atomic E-state index is 13.2. The molecule has 0 aromatic heterocycles. The van der Waals surface area contributed by atoms with E-state index in [9.17, 15) is 9.59 Å². The summed E-state index contributed by atoms with van der Waals surface area (Å²) in [5.41, 5.74) is 5.54. The fourth-order valence-electron chi connectivity index (χ4n) is 6.73. The van der Waals surface area contributed by atoms with Gasteiger partial charge in [0.2, 0.25) is 5.91 Å². The van der Waals surface area contributed by atoms with Crippen LogP contribution in [0.15, 0.2) is 18.2 Å². The molecule has 5 fully saturated rings. The van der Waals surface area contributed by atoms with Gasteiger partial charge in [-0.15, -0.1) is 0 Å². The Morgan fingerprint density at radius 2 is 1.79 bits per heavy atom. The van der Waals surface area contributed by atoms with Crippen molar-refractivity contribution in [1.29, 1.82) is 0 Å². The molecule has 28 heavy (non-hydrogen) atoms. The van der Waals surface area contributed by atoms with Crippen molar-refractivity contribution in [2.75, 3.05) is 5.01 Å². The molecule has 1 aliphatic heterocycles. The summed E-state index contributed by atoms with van der Waals surface area (Å²) in [7, 11) is 0. The van der Waals surface area contributed by atoms with E-state index in [0.29, 0.717) is 27.8 Å². The molecule has 0 unspecified atom stereocenters. The molecular formula is C21H25Cl2N3O2. The van der Waals surface area contributed by atoms with Gasteiger partial charge in [0, 0.05) is 5.41 Å². The second-order valence-corrected chi connectivity index (χ2v) is 10.5. The van der Waals surface area contributed by atoms with E-state index >= 15 is 0 Å². The van der Waals surface area contributed by atoms with Crippen molar-refractivity contribution in [3.8, 4) is 0 Å². The smallest absolute Gasteiger partial charge is 0.268 e. The first-order valence-electron chi connectivity index (χ1n) is 10.0. The zero-order chi connectivity index (χ0) is 20.0. The van der Waals surface area contributed by atoms with Gasteiger partial charge >= 0.3 is 0 Å². The number of carbonyl (C=O) groups excluding carboxylic acids is 2.